The zero-order valence-electron chi connectivity index (χ0n) is 12.7. The third-order valence-corrected chi connectivity index (χ3v) is 3.75. The lowest BCUT2D eigenvalue weighted by Gasteiger charge is -2.22. The third kappa shape index (κ3) is 4.72. The zero-order chi connectivity index (χ0) is 15.1. The quantitative estimate of drug-likeness (QED) is 0.790. The van der Waals surface area contributed by atoms with Crippen LogP contribution in [0.25, 0.3) is 0 Å². The largest absolute Gasteiger partial charge is 0.492 e. The van der Waals surface area contributed by atoms with Crippen molar-refractivity contribution in [3.63, 3.8) is 0 Å². The van der Waals surface area contributed by atoms with Crippen molar-refractivity contribution in [3.05, 3.63) is 29.8 Å². The number of ether oxygens (including phenoxy) is 1. The first-order valence-corrected chi connectivity index (χ1v) is 7.66. The normalized spacial score (nSPS) is 16.6. The number of nitrogens with zero attached hydrogens (tertiary/aromatic N) is 1. The van der Waals surface area contributed by atoms with Crippen LogP contribution in [0.1, 0.15) is 25.3 Å². The fraction of sp³-hybridized carbons (Fsp3) is 0.562. The minimum atomic E-state index is -0.269. The number of para-hydroxylation sites is 1. The molecule has 0 saturated carbocycles. The van der Waals surface area contributed by atoms with Crippen molar-refractivity contribution >= 4 is 5.91 Å². The summed E-state index contributed by atoms with van der Waals surface area (Å²) in [5.41, 5.74) is 6.66. The summed E-state index contributed by atoms with van der Waals surface area (Å²) >= 11 is 0. The number of benzene rings is 1. The maximum absolute atomic E-state index is 11.5. The van der Waals surface area contributed by atoms with Crippen LogP contribution in [-0.2, 0) is 11.3 Å². The molecule has 2 rings (SSSR count). The van der Waals surface area contributed by atoms with E-state index < -0.39 is 0 Å². The minimum absolute atomic E-state index is 0.246. The van der Waals surface area contributed by atoms with Gasteiger partial charge in [-0.1, -0.05) is 25.1 Å². The summed E-state index contributed by atoms with van der Waals surface area (Å²) in [7, 11) is 0. The molecule has 5 nitrogen and oxygen atoms in total. The molecule has 0 aliphatic carbocycles. The Kier molecular flexibility index (Phi) is 6.02. The van der Waals surface area contributed by atoms with Crippen LogP contribution in [0.5, 0.6) is 5.75 Å². The molecule has 0 aromatic heterocycles. The Morgan fingerprint density at radius 2 is 2.29 bits per heavy atom. The number of carbonyl (C=O) groups excluding carboxylic acids is 1. The maximum Gasteiger partial charge on any atom is 0.234 e. The van der Waals surface area contributed by atoms with Gasteiger partial charge in [-0.15, -0.1) is 0 Å². The molecule has 1 aliphatic rings. The lowest BCUT2D eigenvalue weighted by molar-refractivity contribution is -0.120. The highest BCUT2D eigenvalue weighted by molar-refractivity contribution is 5.79. The second-order valence-electron chi connectivity index (χ2n) is 5.43. The first-order chi connectivity index (χ1) is 10.2. The van der Waals surface area contributed by atoms with Crippen LogP contribution in [-0.4, -0.2) is 43.1 Å². The van der Waals surface area contributed by atoms with Gasteiger partial charge >= 0.3 is 0 Å². The minimum Gasteiger partial charge on any atom is -0.492 e. The summed E-state index contributed by atoms with van der Waals surface area (Å²) in [4.78, 5) is 13.8. The number of fused-ring (bicyclic) bond motifs is 1. The van der Waals surface area contributed by atoms with E-state index in [1.54, 1.807) is 0 Å². The number of hydrogen-bond acceptors (Lipinski definition) is 4. The molecule has 0 saturated heterocycles. The molecule has 21 heavy (non-hydrogen) atoms. The van der Waals surface area contributed by atoms with E-state index in [9.17, 15) is 4.79 Å². The van der Waals surface area contributed by atoms with E-state index in [1.807, 2.05) is 18.2 Å². The second kappa shape index (κ2) is 8.00. The first-order valence-electron chi connectivity index (χ1n) is 7.66. The molecule has 1 unspecified atom stereocenters. The average molecular weight is 291 g/mol. The average Bonchev–Trinajstić information content (AvgIpc) is 2.68. The van der Waals surface area contributed by atoms with Gasteiger partial charge in [0.05, 0.1) is 6.04 Å². The molecule has 1 amide bonds. The zero-order valence-corrected chi connectivity index (χ0v) is 12.7. The number of amides is 1. The second-order valence-corrected chi connectivity index (χ2v) is 5.43. The molecule has 1 aromatic rings. The summed E-state index contributed by atoms with van der Waals surface area (Å²) in [5.74, 6) is 0.700. The van der Waals surface area contributed by atoms with Crippen molar-refractivity contribution in [2.24, 2.45) is 5.73 Å². The van der Waals surface area contributed by atoms with Crippen molar-refractivity contribution in [3.8, 4) is 5.75 Å². The molecule has 0 bridgehead atoms. The summed E-state index contributed by atoms with van der Waals surface area (Å²) in [6.07, 6.45) is 1.73. The first kappa shape index (κ1) is 15.8. The highest BCUT2D eigenvalue weighted by Gasteiger charge is 2.18. The standard InChI is InChI=1S/C16H25N3O2/c1-2-8-18-14(16(17)20)7-9-19-10-11-21-15-6-4-3-5-13(15)12-19/h3-6,14,18H,2,7-12H2,1H3,(H2,17,20). The van der Waals surface area contributed by atoms with Crippen LogP contribution in [0.2, 0.25) is 0 Å². The predicted octanol–water partition coefficient (Wildman–Crippen LogP) is 1.12. The van der Waals surface area contributed by atoms with Crippen LogP contribution < -0.4 is 15.8 Å². The van der Waals surface area contributed by atoms with Gasteiger partial charge in [-0.3, -0.25) is 9.69 Å². The van der Waals surface area contributed by atoms with E-state index in [0.717, 1.165) is 44.8 Å². The van der Waals surface area contributed by atoms with Crippen LogP contribution in [0.3, 0.4) is 0 Å². The Bertz CT molecular complexity index is 465. The van der Waals surface area contributed by atoms with Gasteiger partial charge in [-0.05, 0) is 25.5 Å². The maximum atomic E-state index is 11.5. The van der Waals surface area contributed by atoms with Crippen LogP contribution in [0.15, 0.2) is 24.3 Å². The van der Waals surface area contributed by atoms with Gasteiger partial charge in [0.1, 0.15) is 12.4 Å². The Balaban J connectivity index is 1.89. The molecule has 1 atom stereocenters. The molecule has 1 heterocycles. The van der Waals surface area contributed by atoms with Gasteiger partial charge < -0.3 is 15.8 Å². The van der Waals surface area contributed by atoms with E-state index in [4.69, 9.17) is 10.5 Å². The molecule has 5 heteroatoms. The van der Waals surface area contributed by atoms with Crippen molar-refractivity contribution in [2.75, 3.05) is 26.2 Å². The SMILES string of the molecule is CCCNC(CCN1CCOc2ccccc2C1)C(N)=O. The van der Waals surface area contributed by atoms with Gasteiger partial charge in [0.15, 0.2) is 0 Å². The van der Waals surface area contributed by atoms with Crippen molar-refractivity contribution in [2.45, 2.75) is 32.4 Å². The topological polar surface area (TPSA) is 67.6 Å². The van der Waals surface area contributed by atoms with E-state index in [1.165, 1.54) is 5.56 Å². The highest BCUT2D eigenvalue weighted by atomic mass is 16.5. The number of nitrogens with two attached hydrogens (primary N) is 1. The van der Waals surface area contributed by atoms with Crippen molar-refractivity contribution in [1.82, 2.24) is 10.2 Å². The Morgan fingerprint density at radius 3 is 3.05 bits per heavy atom. The van der Waals surface area contributed by atoms with Gasteiger partial charge in [-0.25, -0.2) is 0 Å². The fourth-order valence-corrected chi connectivity index (χ4v) is 2.55. The van der Waals surface area contributed by atoms with Crippen LogP contribution >= 0.6 is 0 Å². The molecule has 0 radical (unpaired) electrons. The monoisotopic (exact) mass is 291 g/mol. The summed E-state index contributed by atoms with van der Waals surface area (Å²) in [6, 6.07) is 7.87. The van der Waals surface area contributed by atoms with E-state index in [2.05, 4.69) is 23.2 Å². The van der Waals surface area contributed by atoms with Crippen LogP contribution in [0, 0.1) is 0 Å². The van der Waals surface area contributed by atoms with E-state index in [0.29, 0.717) is 6.61 Å². The molecule has 1 aromatic carbocycles. The smallest absolute Gasteiger partial charge is 0.234 e. The molecule has 3 N–H and O–H groups in total. The third-order valence-electron chi connectivity index (χ3n) is 3.75. The number of rotatable bonds is 7. The molecule has 1 aliphatic heterocycles. The Labute approximate surface area is 126 Å². The molecule has 0 fully saturated rings. The van der Waals surface area contributed by atoms with Gasteiger partial charge in [0.25, 0.3) is 0 Å². The van der Waals surface area contributed by atoms with Gasteiger partial charge in [0, 0.05) is 25.2 Å². The van der Waals surface area contributed by atoms with E-state index in [-0.39, 0.29) is 11.9 Å². The highest BCUT2D eigenvalue weighted by Crippen LogP contribution is 2.22. The molecular formula is C16H25N3O2. The van der Waals surface area contributed by atoms with E-state index >= 15 is 0 Å². The van der Waals surface area contributed by atoms with Crippen molar-refractivity contribution < 1.29 is 9.53 Å². The molecule has 116 valence electrons. The summed E-state index contributed by atoms with van der Waals surface area (Å²) < 4.78 is 5.75. The van der Waals surface area contributed by atoms with Crippen LogP contribution in [0.4, 0.5) is 0 Å². The summed E-state index contributed by atoms with van der Waals surface area (Å²) in [6.45, 7) is 6.14. The lowest BCUT2D eigenvalue weighted by Crippen LogP contribution is -2.44. The molecular weight excluding hydrogens is 266 g/mol. The number of primary amides is 1. The lowest BCUT2D eigenvalue weighted by atomic mass is 10.1. The van der Waals surface area contributed by atoms with Gasteiger partial charge in [-0.2, -0.15) is 0 Å². The Morgan fingerprint density at radius 1 is 1.48 bits per heavy atom. The number of carbonyl (C=O) groups is 1. The Hall–Kier alpha value is -1.59. The number of nitrogens with one attached hydrogen (secondary N) is 1. The van der Waals surface area contributed by atoms with Crippen molar-refractivity contribution in [1.29, 1.82) is 0 Å². The van der Waals surface area contributed by atoms with Gasteiger partial charge in [0.2, 0.25) is 5.91 Å². The number of hydrogen-bond donors (Lipinski definition) is 2. The fourth-order valence-electron chi connectivity index (χ4n) is 2.55. The summed E-state index contributed by atoms with van der Waals surface area (Å²) in [5, 5.41) is 3.21. The molecule has 0 spiro atoms. The predicted molar refractivity (Wildman–Crippen MR) is 83.1 cm³/mol.